The normalized spacial score (nSPS) is 11.9. The number of aliphatic imine (C=N–C) groups is 1. The van der Waals surface area contributed by atoms with E-state index >= 15 is 0 Å². The summed E-state index contributed by atoms with van der Waals surface area (Å²) in [5.74, 6) is 0. The fourth-order valence-corrected chi connectivity index (χ4v) is 8.38. The first-order chi connectivity index (χ1) is 24.6. The number of hydrogen-bond donors (Lipinski definition) is 0. The summed E-state index contributed by atoms with van der Waals surface area (Å²) in [5.41, 5.74) is 10.1. The monoisotopic (exact) mass is 658 g/mol. The lowest BCUT2D eigenvalue weighted by Crippen LogP contribution is -2.10. The van der Waals surface area contributed by atoms with Crippen LogP contribution in [-0.2, 0) is 0 Å². The Labute approximate surface area is 296 Å². The molecule has 1 aromatic heterocycles. The third kappa shape index (κ3) is 5.24. The lowest BCUT2D eigenvalue weighted by Gasteiger charge is -2.27. The summed E-state index contributed by atoms with van der Waals surface area (Å²) in [4.78, 5) is 7.58. The first kappa shape index (κ1) is 30.1. The molecule has 50 heavy (non-hydrogen) atoms. The molecule has 0 bridgehead atoms. The molecule has 0 radical (unpaired) electrons. The maximum atomic E-state index is 5.19. The van der Waals surface area contributed by atoms with E-state index in [1.54, 1.807) is 0 Å². The Bertz CT molecular complexity index is 2720. The zero-order chi connectivity index (χ0) is 33.6. The molecule has 0 saturated carbocycles. The zero-order valence-electron chi connectivity index (χ0n) is 28.0. The SMILES string of the molecule is CC(=Nc1c(C)ccc2c1ccc1c(N(c3ccccc3)c3cccc(-c4ccc5c(c4)sc4ccccc45)c3)cccc12)c1ccccc1. The van der Waals surface area contributed by atoms with Crippen LogP contribution in [0.25, 0.3) is 52.8 Å². The van der Waals surface area contributed by atoms with Gasteiger partial charge in [-0.15, -0.1) is 11.3 Å². The Morgan fingerprint density at radius 1 is 0.480 bits per heavy atom. The van der Waals surface area contributed by atoms with Crippen LogP contribution in [0, 0.1) is 6.92 Å². The molecular weight excluding hydrogens is 625 g/mol. The van der Waals surface area contributed by atoms with Gasteiger partial charge in [0, 0.05) is 48.0 Å². The quantitative estimate of drug-likeness (QED) is 0.128. The Morgan fingerprint density at radius 3 is 1.96 bits per heavy atom. The molecule has 1 heterocycles. The van der Waals surface area contributed by atoms with E-state index in [0.717, 1.165) is 39.4 Å². The second kappa shape index (κ2) is 12.5. The van der Waals surface area contributed by atoms with Crippen molar-refractivity contribution in [3.63, 3.8) is 0 Å². The Hall–Kier alpha value is -6.03. The highest BCUT2D eigenvalue weighted by atomic mass is 32.1. The number of anilines is 3. The van der Waals surface area contributed by atoms with Crippen molar-refractivity contribution in [2.24, 2.45) is 4.99 Å². The molecule has 0 atom stereocenters. The smallest absolute Gasteiger partial charge is 0.0740 e. The van der Waals surface area contributed by atoms with Gasteiger partial charge in [-0.05, 0) is 89.3 Å². The molecule has 0 spiro atoms. The number of nitrogens with zero attached hydrogens (tertiary/aromatic N) is 2. The largest absolute Gasteiger partial charge is 0.310 e. The van der Waals surface area contributed by atoms with Crippen molar-refractivity contribution in [1.29, 1.82) is 0 Å². The van der Waals surface area contributed by atoms with E-state index < -0.39 is 0 Å². The summed E-state index contributed by atoms with van der Waals surface area (Å²) in [6.07, 6.45) is 0. The molecule has 8 aromatic carbocycles. The predicted molar refractivity (Wildman–Crippen MR) is 218 cm³/mol. The molecule has 9 aromatic rings. The number of para-hydroxylation sites is 1. The minimum absolute atomic E-state index is 1.01. The van der Waals surface area contributed by atoms with E-state index in [1.807, 2.05) is 17.4 Å². The van der Waals surface area contributed by atoms with Crippen molar-refractivity contribution in [3.05, 3.63) is 181 Å². The highest BCUT2D eigenvalue weighted by molar-refractivity contribution is 7.25. The van der Waals surface area contributed by atoms with Crippen molar-refractivity contribution in [1.82, 2.24) is 0 Å². The number of thiophene rings is 1. The van der Waals surface area contributed by atoms with Gasteiger partial charge >= 0.3 is 0 Å². The molecule has 238 valence electrons. The summed E-state index contributed by atoms with van der Waals surface area (Å²) >= 11 is 1.86. The van der Waals surface area contributed by atoms with Gasteiger partial charge < -0.3 is 4.90 Å². The fraction of sp³-hybridized carbons (Fsp3) is 0.0426. The predicted octanol–water partition coefficient (Wildman–Crippen LogP) is 13.9. The van der Waals surface area contributed by atoms with E-state index in [9.17, 15) is 0 Å². The van der Waals surface area contributed by atoms with Gasteiger partial charge in [-0.1, -0.05) is 127 Å². The molecule has 9 rings (SSSR count). The number of fused-ring (bicyclic) bond motifs is 6. The lowest BCUT2D eigenvalue weighted by atomic mass is 9.96. The maximum Gasteiger partial charge on any atom is 0.0740 e. The molecule has 0 aliphatic heterocycles. The van der Waals surface area contributed by atoms with Gasteiger partial charge in [0.1, 0.15) is 0 Å². The van der Waals surface area contributed by atoms with Crippen molar-refractivity contribution in [3.8, 4) is 11.1 Å². The van der Waals surface area contributed by atoms with Gasteiger partial charge in [0.2, 0.25) is 0 Å². The Balaban J connectivity index is 1.19. The van der Waals surface area contributed by atoms with Crippen LogP contribution in [-0.4, -0.2) is 5.71 Å². The van der Waals surface area contributed by atoms with Crippen LogP contribution >= 0.6 is 11.3 Å². The molecule has 3 heteroatoms. The first-order valence-corrected chi connectivity index (χ1v) is 17.9. The molecule has 0 aliphatic rings. The summed E-state index contributed by atoms with van der Waals surface area (Å²) < 4.78 is 2.64. The van der Waals surface area contributed by atoms with E-state index in [1.165, 1.54) is 53.0 Å². The number of benzene rings is 8. The minimum atomic E-state index is 1.01. The van der Waals surface area contributed by atoms with Gasteiger partial charge in [-0.3, -0.25) is 4.99 Å². The lowest BCUT2D eigenvalue weighted by molar-refractivity contribution is 1.30. The zero-order valence-corrected chi connectivity index (χ0v) is 28.8. The summed E-state index contributed by atoms with van der Waals surface area (Å²) in [5, 5.41) is 7.41. The molecule has 0 amide bonds. The fourth-order valence-electron chi connectivity index (χ4n) is 7.24. The van der Waals surface area contributed by atoms with Gasteiger partial charge in [0.25, 0.3) is 0 Å². The van der Waals surface area contributed by atoms with Crippen molar-refractivity contribution < 1.29 is 0 Å². The molecule has 0 aliphatic carbocycles. The van der Waals surface area contributed by atoms with Gasteiger partial charge in [-0.2, -0.15) is 0 Å². The average Bonchev–Trinajstić information content (AvgIpc) is 3.55. The van der Waals surface area contributed by atoms with E-state index in [2.05, 4.69) is 183 Å². The minimum Gasteiger partial charge on any atom is -0.310 e. The van der Waals surface area contributed by atoms with E-state index in [4.69, 9.17) is 4.99 Å². The van der Waals surface area contributed by atoms with Crippen LogP contribution in [0.2, 0.25) is 0 Å². The maximum absolute atomic E-state index is 5.19. The van der Waals surface area contributed by atoms with Crippen molar-refractivity contribution >= 4 is 81.5 Å². The first-order valence-electron chi connectivity index (χ1n) is 17.0. The second-order valence-electron chi connectivity index (χ2n) is 12.9. The van der Waals surface area contributed by atoms with Crippen LogP contribution in [0.4, 0.5) is 22.7 Å². The number of hydrogen-bond acceptors (Lipinski definition) is 3. The van der Waals surface area contributed by atoms with Gasteiger partial charge in [0.05, 0.1) is 11.4 Å². The van der Waals surface area contributed by atoms with E-state index in [-0.39, 0.29) is 0 Å². The Kier molecular flexibility index (Phi) is 7.49. The van der Waals surface area contributed by atoms with Crippen LogP contribution in [0.15, 0.2) is 175 Å². The van der Waals surface area contributed by atoms with E-state index in [0.29, 0.717) is 0 Å². The second-order valence-corrected chi connectivity index (χ2v) is 13.9. The summed E-state index contributed by atoms with van der Waals surface area (Å²) in [6.45, 7) is 4.25. The number of rotatable bonds is 6. The third-order valence-electron chi connectivity index (χ3n) is 9.75. The van der Waals surface area contributed by atoms with Crippen LogP contribution in [0.5, 0.6) is 0 Å². The Morgan fingerprint density at radius 2 is 1.10 bits per heavy atom. The highest BCUT2D eigenvalue weighted by Gasteiger charge is 2.18. The third-order valence-corrected chi connectivity index (χ3v) is 10.9. The summed E-state index contributed by atoms with van der Waals surface area (Å²) in [6, 6.07) is 61.3. The van der Waals surface area contributed by atoms with Crippen LogP contribution < -0.4 is 4.90 Å². The highest BCUT2D eigenvalue weighted by Crippen LogP contribution is 2.44. The molecule has 0 fully saturated rings. The standard InChI is InChI=1S/C47H34N2S/c1-31-23-25-39-38-20-12-21-44(40(38)27-28-43(39)47(31)48-32(2)33-13-5-3-6-14-33)49(36-16-7-4-8-17-36)37-18-11-15-34(29-37)35-24-26-42-41-19-9-10-22-45(41)50-46(42)30-35/h3-30H,1-2H3. The molecule has 0 saturated heterocycles. The van der Waals surface area contributed by atoms with Crippen molar-refractivity contribution in [2.75, 3.05) is 4.90 Å². The average molecular weight is 659 g/mol. The van der Waals surface area contributed by atoms with Gasteiger partial charge in [0.15, 0.2) is 0 Å². The topological polar surface area (TPSA) is 15.6 Å². The summed E-state index contributed by atoms with van der Waals surface area (Å²) in [7, 11) is 0. The van der Waals surface area contributed by atoms with Crippen LogP contribution in [0.3, 0.4) is 0 Å². The molecular formula is C47H34N2S. The van der Waals surface area contributed by atoms with Crippen molar-refractivity contribution in [2.45, 2.75) is 13.8 Å². The molecule has 0 N–H and O–H groups in total. The van der Waals surface area contributed by atoms with Crippen LogP contribution in [0.1, 0.15) is 18.1 Å². The molecule has 0 unspecified atom stereocenters. The number of aryl methyl sites for hydroxylation is 1. The van der Waals surface area contributed by atoms with Gasteiger partial charge in [-0.25, -0.2) is 0 Å². The molecule has 2 nitrogen and oxygen atoms in total.